The Hall–Kier alpha value is -3.51. The van der Waals surface area contributed by atoms with Gasteiger partial charge in [-0.2, -0.15) is 0 Å². The van der Waals surface area contributed by atoms with Crippen LogP contribution >= 0.6 is 11.6 Å². The smallest absolute Gasteiger partial charge is 0.338 e. The number of rotatable bonds is 4. The van der Waals surface area contributed by atoms with Gasteiger partial charge in [0.2, 0.25) is 0 Å². The van der Waals surface area contributed by atoms with Gasteiger partial charge in [-0.25, -0.2) is 4.79 Å². The van der Waals surface area contributed by atoms with Gasteiger partial charge in [0, 0.05) is 0 Å². The first kappa shape index (κ1) is 19.8. The molecule has 0 aliphatic carbocycles. The SMILES string of the molecule is Nc1cc(C(=O)OCC(=O)N2c3ccccc3OCC2c2ccccc2)ccc1Cl. The van der Waals surface area contributed by atoms with Gasteiger partial charge in [0.05, 0.1) is 28.0 Å². The summed E-state index contributed by atoms with van der Waals surface area (Å²) in [6.07, 6.45) is 0. The van der Waals surface area contributed by atoms with Gasteiger partial charge in [0.25, 0.3) is 5.91 Å². The number of hydrogen-bond donors (Lipinski definition) is 1. The maximum Gasteiger partial charge on any atom is 0.338 e. The third-order valence-electron chi connectivity index (χ3n) is 4.84. The number of esters is 1. The Balaban J connectivity index is 1.56. The summed E-state index contributed by atoms with van der Waals surface area (Å²) < 4.78 is 11.1. The number of nitrogen functional groups attached to an aromatic ring is 1. The maximum absolute atomic E-state index is 13.1. The van der Waals surface area contributed by atoms with Crippen LogP contribution in [0.15, 0.2) is 72.8 Å². The minimum absolute atomic E-state index is 0.228. The minimum atomic E-state index is -0.649. The molecule has 3 aromatic rings. The Morgan fingerprint density at radius 3 is 2.57 bits per heavy atom. The number of anilines is 2. The van der Waals surface area contributed by atoms with Gasteiger partial charge in [-0.3, -0.25) is 9.69 Å². The number of ether oxygens (including phenoxy) is 2. The molecule has 1 amide bonds. The molecule has 1 unspecified atom stereocenters. The van der Waals surface area contributed by atoms with Crippen LogP contribution in [0.2, 0.25) is 5.02 Å². The molecule has 1 aliphatic heterocycles. The lowest BCUT2D eigenvalue weighted by Crippen LogP contribution is -2.43. The van der Waals surface area contributed by atoms with Crippen LogP contribution in [-0.4, -0.2) is 25.1 Å². The van der Waals surface area contributed by atoms with Crippen molar-refractivity contribution in [3.63, 3.8) is 0 Å². The highest BCUT2D eigenvalue weighted by atomic mass is 35.5. The van der Waals surface area contributed by atoms with Crippen LogP contribution < -0.4 is 15.4 Å². The van der Waals surface area contributed by atoms with Gasteiger partial charge >= 0.3 is 5.97 Å². The fraction of sp³-hybridized carbons (Fsp3) is 0.130. The highest BCUT2D eigenvalue weighted by Crippen LogP contribution is 2.39. The number of para-hydroxylation sites is 2. The van der Waals surface area contributed by atoms with Crippen LogP contribution in [-0.2, 0) is 9.53 Å². The Labute approximate surface area is 178 Å². The van der Waals surface area contributed by atoms with Gasteiger partial charge in [0.15, 0.2) is 6.61 Å². The summed E-state index contributed by atoms with van der Waals surface area (Å²) in [5, 5.41) is 0.346. The Morgan fingerprint density at radius 2 is 1.80 bits per heavy atom. The second-order valence-electron chi connectivity index (χ2n) is 6.78. The quantitative estimate of drug-likeness (QED) is 0.502. The van der Waals surface area contributed by atoms with Crippen molar-refractivity contribution in [2.45, 2.75) is 6.04 Å². The molecule has 1 heterocycles. The predicted molar refractivity (Wildman–Crippen MR) is 115 cm³/mol. The van der Waals surface area contributed by atoms with E-state index in [0.717, 1.165) is 5.56 Å². The van der Waals surface area contributed by atoms with Crippen molar-refractivity contribution in [2.24, 2.45) is 0 Å². The van der Waals surface area contributed by atoms with Crippen molar-refractivity contribution < 1.29 is 19.1 Å². The second-order valence-corrected chi connectivity index (χ2v) is 7.19. The molecule has 0 spiro atoms. The largest absolute Gasteiger partial charge is 0.489 e. The van der Waals surface area contributed by atoms with E-state index in [9.17, 15) is 9.59 Å². The first-order valence-corrected chi connectivity index (χ1v) is 9.73. The minimum Gasteiger partial charge on any atom is -0.489 e. The maximum atomic E-state index is 13.1. The molecule has 0 saturated heterocycles. The summed E-state index contributed by atoms with van der Waals surface area (Å²) >= 11 is 5.89. The van der Waals surface area contributed by atoms with Crippen LogP contribution in [0, 0.1) is 0 Å². The number of fused-ring (bicyclic) bond motifs is 1. The van der Waals surface area contributed by atoms with Gasteiger partial charge in [0.1, 0.15) is 12.4 Å². The monoisotopic (exact) mass is 422 g/mol. The van der Waals surface area contributed by atoms with Gasteiger partial charge in [-0.1, -0.05) is 54.1 Å². The molecule has 0 saturated carbocycles. The number of nitrogens with zero attached hydrogens (tertiary/aromatic N) is 1. The van der Waals surface area contributed by atoms with Crippen LogP contribution in [0.4, 0.5) is 11.4 Å². The van der Waals surface area contributed by atoms with E-state index < -0.39 is 12.6 Å². The van der Waals surface area contributed by atoms with E-state index in [1.807, 2.05) is 48.5 Å². The molecular formula is C23H19ClN2O4. The van der Waals surface area contributed by atoms with Crippen molar-refractivity contribution in [1.82, 2.24) is 0 Å². The predicted octanol–water partition coefficient (Wildman–Crippen LogP) is 4.25. The number of carbonyl (C=O) groups is 2. The topological polar surface area (TPSA) is 81.9 Å². The average Bonchev–Trinajstić information content (AvgIpc) is 2.78. The number of halogens is 1. The van der Waals surface area contributed by atoms with Crippen LogP contribution in [0.25, 0.3) is 0 Å². The summed E-state index contributed by atoms with van der Waals surface area (Å²) in [4.78, 5) is 27.1. The number of amides is 1. The van der Waals surface area contributed by atoms with E-state index in [0.29, 0.717) is 23.1 Å². The van der Waals surface area contributed by atoms with Gasteiger partial charge in [-0.05, 0) is 35.9 Å². The van der Waals surface area contributed by atoms with Crippen molar-refractivity contribution >= 4 is 34.9 Å². The summed E-state index contributed by atoms with van der Waals surface area (Å²) in [6, 6.07) is 21.0. The summed E-state index contributed by atoms with van der Waals surface area (Å²) in [6.45, 7) is -0.118. The fourth-order valence-corrected chi connectivity index (χ4v) is 3.49. The highest BCUT2D eigenvalue weighted by molar-refractivity contribution is 6.33. The van der Waals surface area contributed by atoms with Crippen molar-refractivity contribution in [3.05, 3.63) is 88.9 Å². The summed E-state index contributed by atoms with van der Waals surface area (Å²) in [7, 11) is 0. The van der Waals surface area contributed by atoms with E-state index in [-0.39, 0.29) is 23.2 Å². The number of nitrogens with two attached hydrogens (primary N) is 1. The van der Waals surface area contributed by atoms with Gasteiger partial charge < -0.3 is 15.2 Å². The molecular weight excluding hydrogens is 404 g/mol. The molecule has 0 radical (unpaired) electrons. The molecule has 2 N–H and O–H groups in total. The van der Waals surface area contributed by atoms with Crippen molar-refractivity contribution in [1.29, 1.82) is 0 Å². The normalized spacial score (nSPS) is 15.1. The van der Waals surface area contributed by atoms with E-state index >= 15 is 0 Å². The molecule has 7 heteroatoms. The number of hydrogen-bond acceptors (Lipinski definition) is 5. The van der Waals surface area contributed by atoms with Crippen LogP contribution in [0.5, 0.6) is 5.75 Å². The first-order valence-electron chi connectivity index (χ1n) is 9.35. The van der Waals surface area contributed by atoms with E-state index in [1.165, 1.54) is 18.2 Å². The lowest BCUT2D eigenvalue weighted by Gasteiger charge is -2.37. The number of carbonyl (C=O) groups excluding carboxylic acids is 2. The molecule has 152 valence electrons. The molecule has 30 heavy (non-hydrogen) atoms. The lowest BCUT2D eigenvalue weighted by molar-refractivity contribution is -0.122. The Morgan fingerprint density at radius 1 is 1.07 bits per heavy atom. The Kier molecular flexibility index (Phi) is 5.59. The van der Waals surface area contributed by atoms with E-state index in [4.69, 9.17) is 26.8 Å². The molecule has 0 aromatic heterocycles. The zero-order valence-electron chi connectivity index (χ0n) is 16.0. The summed E-state index contributed by atoms with van der Waals surface area (Å²) in [5.74, 6) is -0.394. The third-order valence-corrected chi connectivity index (χ3v) is 5.19. The fourth-order valence-electron chi connectivity index (χ4n) is 3.37. The molecule has 0 fully saturated rings. The first-order chi connectivity index (χ1) is 14.5. The van der Waals surface area contributed by atoms with Crippen LogP contribution in [0.1, 0.15) is 22.0 Å². The van der Waals surface area contributed by atoms with E-state index in [1.54, 1.807) is 11.0 Å². The van der Waals surface area contributed by atoms with Crippen LogP contribution in [0.3, 0.4) is 0 Å². The average molecular weight is 423 g/mol. The molecule has 3 aromatic carbocycles. The molecule has 0 bridgehead atoms. The molecule has 4 rings (SSSR count). The van der Waals surface area contributed by atoms with E-state index in [2.05, 4.69) is 0 Å². The standard InChI is InChI=1S/C23H19ClN2O4/c24-17-11-10-16(12-18(17)25)23(28)30-14-22(27)26-19-8-4-5-9-21(19)29-13-20(26)15-6-2-1-3-7-15/h1-12,20H,13-14,25H2. The second kappa shape index (κ2) is 8.47. The Bertz CT molecular complexity index is 1090. The van der Waals surface area contributed by atoms with Gasteiger partial charge in [-0.15, -0.1) is 0 Å². The van der Waals surface area contributed by atoms with Crippen molar-refractivity contribution in [3.8, 4) is 5.75 Å². The highest BCUT2D eigenvalue weighted by Gasteiger charge is 2.33. The summed E-state index contributed by atoms with van der Waals surface area (Å²) in [5.41, 5.74) is 7.80. The molecule has 1 atom stereocenters. The van der Waals surface area contributed by atoms with Crippen molar-refractivity contribution in [2.75, 3.05) is 23.8 Å². The molecule has 1 aliphatic rings. The third kappa shape index (κ3) is 3.95. The zero-order chi connectivity index (χ0) is 21.1. The molecule has 6 nitrogen and oxygen atoms in total. The lowest BCUT2D eigenvalue weighted by atomic mass is 10.0. The zero-order valence-corrected chi connectivity index (χ0v) is 16.7. The number of benzene rings is 3.